The van der Waals surface area contributed by atoms with E-state index in [1.807, 2.05) is 24.3 Å². The van der Waals surface area contributed by atoms with E-state index in [1.165, 1.54) is 11.1 Å². The topological polar surface area (TPSA) is 45.6 Å². The second kappa shape index (κ2) is 9.19. The minimum atomic E-state index is 0.237. The van der Waals surface area contributed by atoms with Gasteiger partial charge >= 0.3 is 0 Å². The maximum Gasteiger partial charge on any atom is 0.131 e. The monoisotopic (exact) mass is 444 g/mol. The number of ether oxygens (including phenoxy) is 1. The maximum atomic E-state index is 10.1. The van der Waals surface area contributed by atoms with Crippen LogP contribution in [0.4, 0.5) is 0 Å². The third kappa shape index (κ3) is 4.43. The predicted octanol–water partition coefficient (Wildman–Crippen LogP) is 5.94. The first-order valence-electron chi connectivity index (χ1n) is 11.0. The van der Waals surface area contributed by atoms with Gasteiger partial charge in [0.15, 0.2) is 0 Å². The fraction of sp³-hybridized carbons (Fsp3) is 0.222. The van der Waals surface area contributed by atoms with Gasteiger partial charge < -0.3 is 9.84 Å². The number of halogens is 1. The first-order chi connectivity index (χ1) is 15.7. The van der Waals surface area contributed by atoms with E-state index in [2.05, 4.69) is 40.2 Å². The van der Waals surface area contributed by atoms with Gasteiger partial charge in [-0.3, -0.25) is 9.88 Å². The second-order valence-electron chi connectivity index (χ2n) is 8.16. The number of phenols is 1. The van der Waals surface area contributed by atoms with Gasteiger partial charge in [-0.1, -0.05) is 42.0 Å². The lowest BCUT2D eigenvalue weighted by molar-refractivity contribution is 0.302. The Morgan fingerprint density at radius 1 is 1.09 bits per heavy atom. The fourth-order valence-corrected chi connectivity index (χ4v) is 4.52. The molecule has 3 heterocycles. The van der Waals surface area contributed by atoms with Crippen LogP contribution < -0.4 is 4.74 Å². The first kappa shape index (κ1) is 20.8. The molecular formula is C27H25ClN2O2. The van der Waals surface area contributed by atoms with Gasteiger partial charge in [-0.2, -0.15) is 0 Å². The maximum absolute atomic E-state index is 10.1. The molecule has 3 aromatic rings. The molecule has 0 amide bonds. The van der Waals surface area contributed by atoms with Crippen molar-refractivity contribution in [2.75, 3.05) is 19.6 Å². The quantitative estimate of drug-likeness (QED) is 0.540. The highest BCUT2D eigenvalue weighted by atomic mass is 35.5. The van der Waals surface area contributed by atoms with Gasteiger partial charge in [0.25, 0.3) is 0 Å². The van der Waals surface area contributed by atoms with Gasteiger partial charge in [-0.15, -0.1) is 0 Å². The van der Waals surface area contributed by atoms with Crippen LogP contribution in [0.25, 0.3) is 11.1 Å². The highest BCUT2D eigenvalue weighted by molar-refractivity contribution is 6.30. The average molecular weight is 445 g/mol. The summed E-state index contributed by atoms with van der Waals surface area (Å²) in [6, 6.07) is 17.4. The van der Waals surface area contributed by atoms with Crippen LogP contribution in [0.3, 0.4) is 0 Å². The lowest BCUT2D eigenvalue weighted by Crippen LogP contribution is -2.29. The molecule has 2 aliphatic rings. The van der Waals surface area contributed by atoms with Gasteiger partial charge in [0.05, 0.1) is 5.69 Å². The lowest BCUT2D eigenvalue weighted by Gasteiger charge is -2.26. The van der Waals surface area contributed by atoms with E-state index in [0.717, 1.165) is 65.6 Å². The molecule has 1 aromatic heterocycles. The Balaban J connectivity index is 1.33. The van der Waals surface area contributed by atoms with Crippen molar-refractivity contribution in [3.63, 3.8) is 0 Å². The third-order valence-electron chi connectivity index (χ3n) is 6.10. The molecule has 0 saturated carbocycles. The van der Waals surface area contributed by atoms with Crippen molar-refractivity contribution in [1.82, 2.24) is 9.88 Å². The Morgan fingerprint density at radius 3 is 2.78 bits per heavy atom. The van der Waals surface area contributed by atoms with Crippen LogP contribution in [0, 0.1) is 0 Å². The number of aromatic hydroxyl groups is 1. The molecule has 162 valence electrons. The van der Waals surface area contributed by atoms with E-state index in [0.29, 0.717) is 6.61 Å². The van der Waals surface area contributed by atoms with Gasteiger partial charge in [0.2, 0.25) is 0 Å². The molecule has 1 N–H and O–H groups in total. The summed E-state index contributed by atoms with van der Waals surface area (Å²) >= 11 is 6.02. The van der Waals surface area contributed by atoms with Crippen LogP contribution in [0.2, 0.25) is 5.02 Å². The number of fused-ring (bicyclic) bond motifs is 2. The van der Waals surface area contributed by atoms with Gasteiger partial charge in [0.1, 0.15) is 18.1 Å². The number of nitrogens with zero attached hydrogens (tertiary/aromatic N) is 2. The van der Waals surface area contributed by atoms with E-state index in [1.54, 1.807) is 18.3 Å². The number of benzene rings is 2. The van der Waals surface area contributed by atoms with Crippen molar-refractivity contribution in [1.29, 1.82) is 0 Å². The van der Waals surface area contributed by atoms with E-state index in [9.17, 15) is 5.11 Å². The van der Waals surface area contributed by atoms with Crippen molar-refractivity contribution in [3.8, 4) is 11.5 Å². The van der Waals surface area contributed by atoms with Crippen molar-refractivity contribution in [2.45, 2.75) is 19.4 Å². The molecule has 5 heteroatoms. The molecule has 5 rings (SSSR count). The van der Waals surface area contributed by atoms with Crippen LogP contribution in [0.1, 0.15) is 35.2 Å². The molecule has 0 spiro atoms. The Bertz CT molecular complexity index is 1180. The average Bonchev–Trinajstić information content (AvgIpc) is 2.97. The SMILES string of the molecule is Oc1ccc2c(c1)C(=CCCN1CC=C(c3ccc(Cl)cc3)CC1)c1cccnc1CO2. The molecule has 2 aromatic carbocycles. The van der Waals surface area contributed by atoms with E-state index >= 15 is 0 Å². The summed E-state index contributed by atoms with van der Waals surface area (Å²) in [6.07, 6.45) is 8.32. The van der Waals surface area contributed by atoms with Crippen molar-refractivity contribution >= 4 is 22.7 Å². The zero-order valence-corrected chi connectivity index (χ0v) is 18.6. The summed E-state index contributed by atoms with van der Waals surface area (Å²) in [7, 11) is 0. The number of hydrogen-bond donors (Lipinski definition) is 1. The van der Waals surface area contributed by atoms with Crippen LogP contribution in [-0.2, 0) is 6.61 Å². The molecule has 0 unspecified atom stereocenters. The Kier molecular flexibility index (Phi) is 5.97. The van der Waals surface area contributed by atoms with Crippen LogP contribution in [0.15, 0.2) is 72.9 Å². The van der Waals surface area contributed by atoms with Crippen LogP contribution in [0.5, 0.6) is 11.5 Å². The zero-order chi connectivity index (χ0) is 21.9. The molecule has 0 saturated heterocycles. The smallest absolute Gasteiger partial charge is 0.131 e. The Morgan fingerprint density at radius 2 is 1.97 bits per heavy atom. The zero-order valence-electron chi connectivity index (χ0n) is 17.8. The summed E-state index contributed by atoms with van der Waals surface area (Å²) in [4.78, 5) is 6.99. The predicted molar refractivity (Wildman–Crippen MR) is 129 cm³/mol. The van der Waals surface area contributed by atoms with E-state index in [4.69, 9.17) is 16.3 Å². The molecular weight excluding hydrogens is 420 g/mol. The van der Waals surface area contributed by atoms with Gasteiger partial charge in [-0.25, -0.2) is 0 Å². The molecule has 0 aliphatic carbocycles. The van der Waals surface area contributed by atoms with Crippen LogP contribution in [-0.4, -0.2) is 34.6 Å². The minimum Gasteiger partial charge on any atom is -0.508 e. The molecule has 2 aliphatic heterocycles. The summed E-state index contributed by atoms with van der Waals surface area (Å²) < 4.78 is 5.98. The van der Waals surface area contributed by atoms with E-state index < -0.39 is 0 Å². The largest absolute Gasteiger partial charge is 0.508 e. The van der Waals surface area contributed by atoms with Gasteiger partial charge in [0, 0.05) is 42.0 Å². The summed E-state index contributed by atoms with van der Waals surface area (Å²) in [5.74, 6) is 1.02. The molecule has 0 atom stereocenters. The summed E-state index contributed by atoms with van der Waals surface area (Å²) in [5.41, 5.74) is 6.63. The Hall–Kier alpha value is -3.08. The number of rotatable bonds is 4. The van der Waals surface area contributed by atoms with Crippen molar-refractivity contribution in [3.05, 3.63) is 100 Å². The molecule has 0 fully saturated rings. The highest BCUT2D eigenvalue weighted by Crippen LogP contribution is 2.38. The lowest BCUT2D eigenvalue weighted by atomic mass is 9.95. The second-order valence-corrected chi connectivity index (χ2v) is 8.60. The molecule has 0 radical (unpaired) electrons. The highest BCUT2D eigenvalue weighted by Gasteiger charge is 2.20. The van der Waals surface area contributed by atoms with Crippen molar-refractivity contribution in [2.24, 2.45) is 0 Å². The number of phenolic OH excluding ortho intramolecular Hbond substituents is 1. The minimum absolute atomic E-state index is 0.237. The Labute approximate surface area is 193 Å². The first-order valence-corrected chi connectivity index (χ1v) is 11.3. The molecule has 0 bridgehead atoms. The number of aromatic nitrogens is 1. The summed E-state index contributed by atoms with van der Waals surface area (Å²) in [6.45, 7) is 3.38. The molecule has 32 heavy (non-hydrogen) atoms. The van der Waals surface area contributed by atoms with Gasteiger partial charge in [-0.05, 0) is 65.9 Å². The molecule has 4 nitrogen and oxygen atoms in total. The normalized spacial score (nSPS) is 17.2. The summed E-state index contributed by atoms with van der Waals surface area (Å²) in [5, 5.41) is 10.9. The van der Waals surface area contributed by atoms with Crippen molar-refractivity contribution < 1.29 is 9.84 Å². The van der Waals surface area contributed by atoms with E-state index in [-0.39, 0.29) is 5.75 Å². The number of pyridine rings is 1. The van der Waals surface area contributed by atoms with Crippen LogP contribution >= 0.6 is 11.6 Å². The fourth-order valence-electron chi connectivity index (χ4n) is 4.40. The number of hydrogen-bond acceptors (Lipinski definition) is 4. The standard InChI is InChI=1S/C27H25ClN2O2/c28-21-7-5-19(6-8-21)20-11-15-30(16-12-20)14-2-4-23-24-3-1-13-29-26(24)18-32-27-10-9-22(31)17-25(23)27/h1,3-11,13,17,31H,2,12,14-16,18H2. The third-order valence-corrected chi connectivity index (χ3v) is 6.35.